The summed E-state index contributed by atoms with van der Waals surface area (Å²) >= 11 is 0. The van der Waals surface area contributed by atoms with Crippen LogP contribution in [0.15, 0.2) is 18.2 Å². The summed E-state index contributed by atoms with van der Waals surface area (Å²) in [4.78, 5) is 14.7. The summed E-state index contributed by atoms with van der Waals surface area (Å²) in [6.07, 6.45) is 1.37. The molecule has 18 heavy (non-hydrogen) atoms. The molecule has 0 spiro atoms. The number of carboxylic acid groups (broad SMARTS) is 1. The van der Waals surface area contributed by atoms with E-state index in [4.69, 9.17) is 5.11 Å². The number of carboxylic acids is 1. The van der Waals surface area contributed by atoms with Crippen LogP contribution in [-0.2, 0) is 9.84 Å². The van der Waals surface area contributed by atoms with Gasteiger partial charge in [0.25, 0.3) is 0 Å². The van der Waals surface area contributed by atoms with Gasteiger partial charge in [0.2, 0.25) is 0 Å². The molecule has 2 N–H and O–H groups in total. The highest BCUT2D eigenvalue weighted by Crippen LogP contribution is 2.16. The van der Waals surface area contributed by atoms with Crippen molar-refractivity contribution in [1.29, 1.82) is 0 Å². The maximum absolute atomic E-state index is 11.5. The summed E-state index contributed by atoms with van der Waals surface area (Å²) in [5, 5.41) is 11.8. The molecule has 0 amide bonds. The van der Waals surface area contributed by atoms with Crippen molar-refractivity contribution < 1.29 is 18.3 Å². The van der Waals surface area contributed by atoms with Crippen molar-refractivity contribution in [2.45, 2.75) is 18.9 Å². The third-order valence-electron chi connectivity index (χ3n) is 2.78. The molecule has 0 radical (unpaired) electrons. The van der Waals surface area contributed by atoms with Crippen LogP contribution in [0, 0.1) is 0 Å². The molecular formula is C11H14N2O4S. The topological polar surface area (TPSA) is 96.4 Å². The average molecular weight is 270 g/mol. The average Bonchev–Trinajstić information content (AvgIpc) is 2.28. The molecule has 1 unspecified atom stereocenters. The van der Waals surface area contributed by atoms with Crippen molar-refractivity contribution in [1.82, 2.24) is 4.98 Å². The number of anilines is 1. The van der Waals surface area contributed by atoms with Crippen LogP contribution in [0.4, 0.5) is 5.82 Å². The number of aromatic carboxylic acids is 1. The second kappa shape index (κ2) is 4.93. The van der Waals surface area contributed by atoms with Gasteiger partial charge >= 0.3 is 5.97 Å². The van der Waals surface area contributed by atoms with Crippen LogP contribution in [0.1, 0.15) is 23.3 Å². The molecule has 1 saturated heterocycles. The van der Waals surface area contributed by atoms with E-state index in [1.165, 1.54) is 6.07 Å². The van der Waals surface area contributed by atoms with Crippen LogP contribution < -0.4 is 5.32 Å². The Morgan fingerprint density at radius 3 is 2.89 bits per heavy atom. The fraction of sp³-hybridized carbons (Fsp3) is 0.455. The first kappa shape index (κ1) is 12.8. The molecule has 1 fully saturated rings. The Morgan fingerprint density at radius 2 is 2.22 bits per heavy atom. The molecule has 1 aliphatic rings. The smallest absolute Gasteiger partial charge is 0.354 e. The van der Waals surface area contributed by atoms with Crippen molar-refractivity contribution in [3.63, 3.8) is 0 Å². The first-order valence-corrected chi connectivity index (χ1v) is 7.46. The molecule has 0 saturated carbocycles. The quantitative estimate of drug-likeness (QED) is 0.842. The lowest BCUT2D eigenvalue weighted by Gasteiger charge is -2.23. The van der Waals surface area contributed by atoms with Crippen LogP contribution in [-0.4, -0.2) is 42.0 Å². The zero-order valence-corrected chi connectivity index (χ0v) is 10.5. The third-order valence-corrected chi connectivity index (χ3v) is 4.60. The number of pyridine rings is 1. The monoisotopic (exact) mass is 270 g/mol. The normalized spacial score (nSPS) is 22.3. The standard InChI is InChI=1S/C11H14N2O4S/c14-11(15)9-4-1-5-10(13-9)12-8-3-2-6-18(16,17)7-8/h1,4-5,8H,2-3,6-7H2,(H,12,13)(H,14,15). The minimum atomic E-state index is -2.99. The second-order valence-electron chi connectivity index (χ2n) is 4.31. The number of carbonyl (C=O) groups is 1. The summed E-state index contributed by atoms with van der Waals surface area (Å²) in [6, 6.07) is 4.41. The Labute approximate surface area is 105 Å². The fourth-order valence-electron chi connectivity index (χ4n) is 1.98. The molecule has 2 heterocycles. The van der Waals surface area contributed by atoms with Crippen LogP contribution in [0.2, 0.25) is 0 Å². The number of nitrogens with zero attached hydrogens (tertiary/aromatic N) is 1. The number of nitrogens with one attached hydrogen (secondary N) is 1. The Balaban J connectivity index is 2.09. The highest BCUT2D eigenvalue weighted by atomic mass is 32.2. The number of rotatable bonds is 3. The van der Waals surface area contributed by atoms with Gasteiger partial charge in [-0.3, -0.25) is 0 Å². The molecule has 1 aliphatic heterocycles. The summed E-state index contributed by atoms with van der Waals surface area (Å²) in [5.41, 5.74) is -0.0568. The molecule has 0 aromatic carbocycles. The maximum atomic E-state index is 11.5. The Bertz CT molecular complexity index is 556. The van der Waals surface area contributed by atoms with Crippen molar-refractivity contribution in [2.24, 2.45) is 0 Å². The fourth-order valence-corrected chi connectivity index (χ4v) is 3.62. The summed E-state index contributed by atoms with van der Waals surface area (Å²) in [6.45, 7) is 0. The third kappa shape index (κ3) is 3.19. The number of aromatic nitrogens is 1. The summed E-state index contributed by atoms with van der Waals surface area (Å²) in [5.74, 6) is -0.397. The van der Waals surface area contributed by atoms with Crippen molar-refractivity contribution >= 4 is 21.6 Å². The van der Waals surface area contributed by atoms with Gasteiger partial charge in [-0.1, -0.05) is 6.07 Å². The summed E-state index contributed by atoms with van der Waals surface area (Å²) in [7, 11) is -2.99. The molecule has 0 aliphatic carbocycles. The Morgan fingerprint density at radius 1 is 1.44 bits per heavy atom. The molecule has 7 heteroatoms. The van der Waals surface area contributed by atoms with Crippen LogP contribution in [0.3, 0.4) is 0 Å². The molecule has 1 atom stereocenters. The van der Waals surface area contributed by atoms with Gasteiger partial charge in [0.1, 0.15) is 5.82 Å². The number of sulfone groups is 1. The van der Waals surface area contributed by atoms with Gasteiger partial charge in [-0.2, -0.15) is 0 Å². The molecule has 1 aromatic heterocycles. The van der Waals surface area contributed by atoms with Gasteiger partial charge in [-0.15, -0.1) is 0 Å². The highest BCUT2D eigenvalue weighted by Gasteiger charge is 2.24. The van der Waals surface area contributed by atoms with E-state index in [2.05, 4.69) is 10.3 Å². The Hall–Kier alpha value is -1.63. The predicted octanol–water partition coefficient (Wildman–Crippen LogP) is 0.769. The van der Waals surface area contributed by atoms with Crippen molar-refractivity contribution in [2.75, 3.05) is 16.8 Å². The highest BCUT2D eigenvalue weighted by molar-refractivity contribution is 7.91. The van der Waals surface area contributed by atoms with Crippen LogP contribution >= 0.6 is 0 Å². The number of hydrogen-bond donors (Lipinski definition) is 2. The number of hydrogen-bond acceptors (Lipinski definition) is 5. The lowest BCUT2D eigenvalue weighted by Crippen LogP contribution is -2.35. The minimum Gasteiger partial charge on any atom is -0.477 e. The Kier molecular flexibility index (Phi) is 3.51. The van der Waals surface area contributed by atoms with Gasteiger partial charge < -0.3 is 10.4 Å². The molecule has 2 rings (SSSR count). The van der Waals surface area contributed by atoms with Gasteiger partial charge in [0.05, 0.1) is 11.5 Å². The summed E-state index contributed by atoms with van der Waals surface area (Å²) < 4.78 is 22.9. The van der Waals surface area contributed by atoms with E-state index >= 15 is 0 Å². The van der Waals surface area contributed by atoms with Gasteiger partial charge in [-0.25, -0.2) is 18.2 Å². The van der Waals surface area contributed by atoms with Crippen LogP contribution in [0.5, 0.6) is 0 Å². The van der Waals surface area contributed by atoms with E-state index in [0.29, 0.717) is 12.2 Å². The first-order chi connectivity index (χ1) is 8.46. The van der Waals surface area contributed by atoms with E-state index in [9.17, 15) is 13.2 Å². The van der Waals surface area contributed by atoms with E-state index in [1.54, 1.807) is 12.1 Å². The van der Waals surface area contributed by atoms with Gasteiger partial charge in [0.15, 0.2) is 15.5 Å². The zero-order chi connectivity index (χ0) is 13.2. The molecule has 98 valence electrons. The van der Waals surface area contributed by atoms with Crippen molar-refractivity contribution in [3.05, 3.63) is 23.9 Å². The minimum absolute atomic E-state index is 0.0568. The largest absolute Gasteiger partial charge is 0.477 e. The van der Waals surface area contributed by atoms with E-state index in [1.807, 2.05) is 0 Å². The van der Waals surface area contributed by atoms with Gasteiger partial charge in [0, 0.05) is 6.04 Å². The maximum Gasteiger partial charge on any atom is 0.354 e. The molecule has 1 aromatic rings. The van der Waals surface area contributed by atoms with Crippen molar-refractivity contribution in [3.8, 4) is 0 Å². The second-order valence-corrected chi connectivity index (χ2v) is 6.54. The first-order valence-electron chi connectivity index (χ1n) is 5.63. The van der Waals surface area contributed by atoms with Crippen LogP contribution in [0.25, 0.3) is 0 Å². The molecule has 6 nitrogen and oxygen atoms in total. The lowest BCUT2D eigenvalue weighted by atomic mass is 10.2. The zero-order valence-electron chi connectivity index (χ0n) is 9.67. The van der Waals surface area contributed by atoms with E-state index in [-0.39, 0.29) is 23.2 Å². The predicted molar refractivity (Wildman–Crippen MR) is 66.5 cm³/mol. The SMILES string of the molecule is O=C(O)c1cccc(NC2CCCS(=O)(=O)C2)n1. The van der Waals surface area contributed by atoms with Gasteiger partial charge in [-0.05, 0) is 25.0 Å². The van der Waals surface area contributed by atoms with E-state index in [0.717, 1.165) is 6.42 Å². The molecule has 0 bridgehead atoms. The molecular weight excluding hydrogens is 256 g/mol. The van der Waals surface area contributed by atoms with E-state index < -0.39 is 15.8 Å². The lowest BCUT2D eigenvalue weighted by molar-refractivity contribution is 0.0690.